The number of hydrogen-bond donors (Lipinski definition) is 1. The van der Waals surface area contributed by atoms with Crippen molar-refractivity contribution in [3.63, 3.8) is 0 Å². The molecule has 0 saturated carbocycles. The molecule has 148 valence electrons. The van der Waals surface area contributed by atoms with Gasteiger partial charge in [0.1, 0.15) is 0 Å². The van der Waals surface area contributed by atoms with Crippen LogP contribution in [0.1, 0.15) is 54.7 Å². The van der Waals surface area contributed by atoms with Gasteiger partial charge in [-0.15, -0.1) is 0 Å². The molecule has 1 atom stereocenters. The predicted molar refractivity (Wildman–Crippen MR) is 103 cm³/mol. The van der Waals surface area contributed by atoms with Crippen LogP contribution in [-0.2, 0) is 10.2 Å². The number of amides is 1. The van der Waals surface area contributed by atoms with Crippen molar-refractivity contribution in [1.82, 2.24) is 5.32 Å². The van der Waals surface area contributed by atoms with Gasteiger partial charge >= 0.3 is 0 Å². The maximum atomic E-state index is 12.6. The van der Waals surface area contributed by atoms with Crippen LogP contribution in [-0.4, -0.2) is 16.8 Å². The molecule has 0 aliphatic rings. The normalized spacial score (nSPS) is 12.3. The molecule has 2 aromatic rings. The van der Waals surface area contributed by atoms with E-state index in [1.165, 1.54) is 12.1 Å². The summed E-state index contributed by atoms with van der Waals surface area (Å²) in [5.41, 5.74) is 1.15. The number of non-ortho nitro benzene ring substituents is 1. The molecule has 2 rings (SSSR count). The Kier molecular flexibility index (Phi) is 6.41. The molecule has 0 aliphatic heterocycles. The smallest absolute Gasteiger partial charge is 0.270 e. The third-order valence-electron chi connectivity index (χ3n) is 4.26. The molecule has 0 aliphatic carbocycles. The van der Waals surface area contributed by atoms with E-state index < -0.39 is 29.3 Å². The SMILES string of the molecule is CC(C)(C)c1ccc([C@H](CC(=O)[O-])NC(=O)c2cc([N+](=O)[O-])ccc2Cl)cc1. The molecule has 2 aromatic carbocycles. The second-order valence-electron chi connectivity index (χ2n) is 7.40. The first kappa shape index (κ1) is 21.4. The summed E-state index contributed by atoms with van der Waals surface area (Å²) in [5.74, 6) is -2.05. The minimum Gasteiger partial charge on any atom is -0.550 e. The lowest BCUT2D eigenvalue weighted by Crippen LogP contribution is -2.34. The van der Waals surface area contributed by atoms with Crippen molar-refractivity contribution in [3.8, 4) is 0 Å². The zero-order chi connectivity index (χ0) is 21.1. The quantitative estimate of drug-likeness (QED) is 0.588. The van der Waals surface area contributed by atoms with Crippen molar-refractivity contribution >= 4 is 29.2 Å². The Morgan fingerprint density at radius 2 is 1.75 bits per heavy atom. The molecule has 0 saturated heterocycles. The minimum absolute atomic E-state index is 0.0263. The maximum absolute atomic E-state index is 12.6. The molecular weight excluding hydrogens is 384 g/mol. The number of carbonyl (C=O) groups is 2. The summed E-state index contributed by atoms with van der Waals surface area (Å²) in [6.07, 6.45) is -0.451. The monoisotopic (exact) mass is 403 g/mol. The van der Waals surface area contributed by atoms with Crippen LogP contribution < -0.4 is 10.4 Å². The molecule has 1 amide bonds. The van der Waals surface area contributed by atoms with Crippen LogP contribution in [0, 0.1) is 10.1 Å². The average molecular weight is 404 g/mol. The van der Waals surface area contributed by atoms with Crippen molar-refractivity contribution in [3.05, 3.63) is 74.3 Å². The number of carboxylic acids is 1. The first-order valence-corrected chi connectivity index (χ1v) is 8.92. The first-order valence-electron chi connectivity index (χ1n) is 8.54. The molecule has 0 fully saturated rings. The number of nitro benzene ring substituents is 1. The average Bonchev–Trinajstić information content (AvgIpc) is 2.60. The van der Waals surface area contributed by atoms with Gasteiger partial charge < -0.3 is 15.2 Å². The standard InChI is InChI=1S/C20H21ClN2O5/c1-20(2,3)13-6-4-12(5-7-13)17(11-18(24)25)22-19(26)15-10-14(23(27)28)8-9-16(15)21/h4-10,17H,11H2,1-3H3,(H,22,26)(H,24,25)/p-1/t17-/m0/s1. The summed E-state index contributed by atoms with van der Waals surface area (Å²) < 4.78 is 0. The highest BCUT2D eigenvalue weighted by Gasteiger charge is 2.21. The summed E-state index contributed by atoms with van der Waals surface area (Å²) in [4.78, 5) is 34.1. The van der Waals surface area contributed by atoms with E-state index in [0.29, 0.717) is 5.56 Å². The van der Waals surface area contributed by atoms with Crippen molar-refractivity contribution in [2.45, 2.75) is 38.6 Å². The number of nitrogens with zero attached hydrogens (tertiary/aromatic N) is 1. The minimum atomic E-state index is -1.34. The largest absolute Gasteiger partial charge is 0.550 e. The van der Waals surface area contributed by atoms with E-state index in [2.05, 4.69) is 5.32 Å². The second-order valence-corrected chi connectivity index (χ2v) is 7.80. The van der Waals surface area contributed by atoms with E-state index in [4.69, 9.17) is 11.6 Å². The molecule has 0 bridgehead atoms. The molecular formula is C20H20ClN2O5-. The molecule has 0 radical (unpaired) electrons. The summed E-state index contributed by atoms with van der Waals surface area (Å²) in [5, 5.41) is 24.7. The molecule has 7 nitrogen and oxygen atoms in total. The van der Waals surface area contributed by atoms with Crippen molar-refractivity contribution in [2.24, 2.45) is 0 Å². The highest BCUT2D eigenvalue weighted by molar-refractivity contribution is 6.34. The van der Waals surface area contributed by atoms with Crippen LogP contribution in [0.2, 0.25) is 5.02 Å². The number of nitrogens with one attached hydrogen (secondary N) is 1. The number of rotatable bonds is 6. The Morgan fingerprint density at radius 1 is 1.14 bits per heavy atom. The Balaban J connectivity index is 2.32. The van der Waals surface area contributed by atoms with E-state index in [9.17, 15) is 24.8 Å². The van der Waals surface area contributed by atoms with Gasteiger partial charge in [-0.05, 0) is 22.6 Å². The summed E-state index contributed by atoms with van der Waals surface area (Å²) in [6.45, 7) is 6.15. The topological polar surface area (TPSA) is 112 Å². The van der Waals surface area contributed by atoms with Gasteiger partial charge in [-0.25, -0.2) is 0 Å². The summed E-state index contributed by atoms with van der Waals surface area (Å²) >= 11 is 5.99. The summed E-state index contributed by atoms with van der Waals surface area (Å²) in [7, 11) is 0. The van der Waals surface area contributed by atoms with Gasteiger partial charge in [-0.1, -0.05) is 56.6 Å². The number of benzene rings is 2. The Bertz CT molecular complexity index is 904. The van der Waals surface area contributed by atoms with Crippen molar-refractivity contribution < 1.29 is 19.6 Å². The Hall–Kier alpha value is -2.93. The molecule has 0 unspecified atom stereocenters. The Labute approximate surface area is 167 Å². The van der Waals surface area contributed by atoms with Crippen molar-refractivity contribution in [1.29, 1.82) is 0 Å². The van der Waals surface area contributed by atoms with E-state index in [0.717, 1.165) is 11.6 Å². The van der Waals surface area contributed by atoms with Gasteiger partial charge in [0.15, 0.2) is 0 Å². The van der Waals surface area contributed by atoms with Gasteiger partial charge in [-0.2, -0.15) is 0 Å². The second kappa shape index (κ2) is 8.39. The highest BCUT2D eigenvalue weighted by atomic mass is 35.5. The van der Waals surface area contributed by atoms with Crippen LogP contribution in [0.5, 0.6) is 0 Å². The van der Waals surface area contributed by atoms with Crippen LogP contribution in [0.15, 0.2) is 42.5 Å². The van der Waals surface area contributed by atoms with Gasteiger partial charge in [0.25, 0.3) is 11.6 Å². The zero-order valence-corrected chi connectivity index (χ0v) is 16.4. The number of halogens is 1. The lowest BCUT2D eigenvalue weighted by atomic mass is 9.86. The van der Waals surface area contributed by atoms with Crippen LogP contribution in [0.3, 0.4) is 0 Å². The Morgan fingerprint density at radius 3 is 2.25 bits per heavy atom. The fourth-order valence-corrected chi connectivity index (χ4v) is 2.87. The van der Waals surface area contributed by atoms with E-state index in [-0.39, 0.29) is 21.7 Å². The molecule has 0 aromatic heterocycles. The first-order chi connectivity index (χ1) is 13.0. The molecule has 0 spiro atoms. The zero-order valence-electron chi connectivity index (χ0n) is 15.7. The van der Waals surface area contributed by atoms with Gasteiger partial charge in [-0.3, -0.25) is 14.9 Å². The van der Waals surface area contributed by atoms with Crippen LogP contribution >= 0.6 is 11.6 Å². The van der Waals surface area contributed by atoms with E-state index >= 15 is 0 Å². The van der Waals surface area contributed by atoms with Gasteiger partial charge in [0.05, 0.1) is 21.6 Å². The number of aliphatic carboxylic acids is 1. The van der Waals surface area contributed by atoms with E-state index in [1.807, 2.05) is 32.9 Å². The van der Waals surface area contributed by atoms with Gasteiger partial charge in [0.2, 0.25) is 0 Å². The molecule has 8 heteroatoms. The summed E-state index contributed by atoms with van der Waals surface area (Å²) in [6, 6.07) is 9.82. The number of hydrogen-bond acceptors (Lipinski definition) is 5. The molecule has 28 heavy (non-hydrogen) atoms. The number of nitro groups is 1. The third-order valence-corrected chi connectivity index (χ3v) is 4.59. The lowest BCUT2D eigenvalue weighted by molar-refractivity contribution is -0.384. The fourth-order valence-electron chi connectivity index (χ4n) is 2.67. The van der Waals surface area contributed by atoms with Crippen molar-refractivity contribution in [2.75, 3.05) is 0 Å². The fraction of sp³-hybridized carbons (Fsp3) is 0.300. The molecule has 0 heterocycles. The van der Waals surface area contributed by atoms with Crippen LogP contribution in [0.25, 0.3) is 0 Å². The predicted octanol–water partition coefficient (Wildman–Crippen LogP) is 3.16. The number of carbonyl (C=O) groups excluding carboxylic acids is 2. The van der Waals surface area contributed by atoms with Gasteiger partial charge in [0, 0.05) is 24.5 Å². The lowest BCUT2D eigenvalue weighted by Gasteiger charge is -2.23. The van der Waals surface area contributed by atoms with Crippen LogP contribution in [0.4, 0.5) is 5.69 Å². The maximum Gasteiger partial charge on any atom is 0.270 e. The number of carboxylic acid groups (broad SMARTS) is 1. The highest BCUT2D eigenvalue weighted by Crippen LogP contribution is 2.26. The third kappa shape index (κ3) is 5.29. The molecule has 1 N–H and O–H groups in total. The van der Waals surface area contributed by atoms with E-state index in [1.54, 1.807) is 12.1 Å².